The van der Waals surface area contributed by atoms with Gasteiger partial charge in [0.2, 0.25) is 0 Å². The zero-order valence-electron chi connectivity index (χ0n) is 29.3. The number of benzene rings is 4. The largest absolute Gasteiger partial charge is 0.496 e. The summed E-state index contributed by atoms with van der Waals surface area (Å²) >= 11 is 0. The summed E-state index contributed by atoms with van der Waals surface area (Å²) in [7, 11) is 13.2. The zero-order valence-corrected chi connectivity index (χ0v) is 29.3. The van der Waals surface area contributed by atoms with Gasteiger partial charge in [-0.15, -0.1) is 0 Å². The van der Waals surface area contributed by atoms with Crippen molar-refractivity contribution in [3.63, 3.8) is 0 Å². The summed E-state index contributed by atoms with van der Waals surface area (Å²) in [6.45, 7) is 3.96. The standard InChI is InChI=1S/C40H44O8/c1-25-17-35(43-5)27(19-33(25)41-3)11-13-29-21-39(47-9)31(23-37(29)45-7)15-16-32-24-38(46-8)30(22-40(32)48-10)14-12-28-20-34(42-4)26(2)18-36(28)44-6/h11-24H,1-10H3/b13-11+,14-12+,16-15+. The number of methoxy groups -OCH3 is 8. The van der Waals surface area contributed by atoms with E-state index in [-0.39, 0.29) is 0 Å². The van der Waals surface area contributed by atoms with Crippen LogP contribution in [-0.4, -0.2) is 56.9 Å². The van der Waals surface area contributed by atoms with Crippen molar-refractivity contribution in [2.45, 2.75) is 13.8 Å². The van der Waals surface area contributed by atoms with Crippen LogP contribution in [0.15, 0.2) is 48.5 Å². The summed E-state index contributed by atoms with van der Waals surface area (Å²) in [4.78, 5) is 0. The molecule has 0 unspecified atom stereocenters. The van der Waals surface area contributed by atoms with E-state index >= 15 is 0 Å². The molecule has 0 aromatic heterocycles. The topological polar surface area (TPSA) is 73.8 Å². The summed E-state index contributed by atoms with van der Waals surface area (Å²) in [5.74, 6) is 5.76. The summed E-state index contributed by atoms with van der Waals surface area (Å²) in [6.07, 6.45) is 11.8. The maximum absolute atomic E-state index is 5.79. The highest BCUT2D eigenvalue weighted by molar-refractivity contribution is 5.83. The van der Waals surface area contributed by atoms with Crippen molar-refractivity contribution in [2.24, 2.45) is 0 Å². The van der Waals surface area contributed by atoms with Crippen LogP contribution < -0.4 is 37.9 Å². The molecule has 0 fully saturated rings. The number of rotatable bonds is 14. The molecule has 0 bridgehead atoms. The molecule has 252 valence electrons. The second kappa shape index (κ2) is 16.4. The Balaban J connectivity index is 1.68. The van der Waals surface area contributed by atoms with Gasteiger partial charge in [-0.05, 0) is 73.5 Å². The monoisotopic (exact) mass is 652 g/mol. The lowest BCUT2D eigenvalue weighted by Crippen LogP contribution is -1.95. The fraction of sp³-hybridized carbons (Fsp3) is 0.250. The molecular formula is C40H44O8. The summed E-state index contributed by atoms with van der Waals surface area (Å²) in [5, 5.41) is 0. The van der Waals surface area contributed by atoms with Crippen LogP contribution in [0.1, 0.15) is 44.5 Å². The van der Waals surface area contributed by atoms with Gasteiger partial charge in [0.05, 0.1) is 56.9 Å². The Bertz CT molecular complexity index is 1700. The van der Waals surface area contributed by atoms with Crippen LogP contribution in [0.25, 0.3) is 36.5 Å². The average molecular weight is 653 g/mol. The van der Waals surface area contributed by atoms with Gasteiger partial charge in [-0.2, -0.15) is 0 Å². The molecule has 48 heavy (non-hydrogen) atoms. The minimum atomic E-state index is 0.674. The van der Waals surface area contributed by atoms with Crippen LogP contribution in [0, 0.1) is 13.8 Å². The van der Waals surface area contributed by atoms with Gasteiger partial charge in [0.25, 0.3) is 0 Å². The molecule has 0 spiro atoms. The van der Waals surface area contributed by atoms with E-state index in [9.17, 15) is 0 Å². The third-order valence-electron chi connectivity index (χ3n) is 7.99. The van der Waals surface area contributed by atoms with Crippen molar-refractivity contribution < 1.29 is 37.9 Å². The third kappa shape index (κ3) is 7.89. The van der Waals surface area contributed by atoms with Crippen LogP contribution in [0.5, 0.6) is 46.0 Å². The molecular weight excluding hydrogens is 608 g/mol. The smallest absolute Gasteiger partial charge is 0.126 e. The van der Waals surface area contributed by atoms with E-state index in [1.165, 1.54) is 0 Å². The first-order valence-corrected chi connectivity index (χ1v) is 15.2. The molecule has 8 nitrogen and oxygen atoms in total. The molecule has 8 heteroatoms. The van der Waals surface area contributed by atoms with Gasteiger partial charge >= 0.3 is 0 Å². The first-order chi connectivity index (χ1) is 23.2. The lowest BCUT2D eigenvalue weighted by atomic mass is 10.0. The van der Waals surface area contributed by atoms with E-state index < -0.39 is 0 Å². The first-order valence-electron chi connectivity index (χ1n) is 15.2. The fourth-order valence-corrected chi connectivity index (χ4v) is 5.36. The quantitative estimate of drug-likeness (QED) is 0.125. The van der Waals surface area contributed by atoms with Crippen LogP contribution in [-0.2, 0) is 0 Å². The van der Waals surface area contributed by atoms with Gasteiger partial charge in [0.15, 0.2) is 0 Å². The van der Waals surface area contributed by atoms with Crippen LogP contribution in [0.4, 0.5) is 0 Å². The minimum Gasteiger partial charge on any atom is -0.496 e. The molecule has 0 amide bonds. The van der Waals surface area contributed by atoms with Crippen molar-refractivity contribution in [3.8, 4) is 46.0 Å². The maximum Gasteiger partial charge on any atom is 0.126 e. The molecule has 0 radical (unpaired) electrons. The van der Waals surface area contributed by atoms with Gasteiger partial charge in [0.1, 0.15) is 46.0 Å². The third-order valence-corrected chi connectivity index (χ3v) is 7.99. The SMILES string of the molecule is COc1cc(/C=C/c2cc(OC)c(/C=C/c3cc(OC)c(/C=C/c4cc(OC)c(C)cc4OC)cc3OC)cc2OC)c(OC)cc1C. The Hall–Kier alpha value is -5.50. The molecule has 0 atom stereocenters. The summed E-state index contributed by atoms with van der Waals surface area (Å²) < 4.78 is 45.4. The van der Waals surface area contributed by atoms with Crippen molar-refractivity contribution in [3.05, 3.63) is 93.0 Å². The summed E-state index contributed by atoms with van der Waals surface area (Å²) in [6, 6.07) is 15.6. The molecule has 0 saturated carbocycles. The number of hydrogen-bond acceptors (Lipinski definition) is 8. The fourth-order valence-electron chi connectivity index (χ4n) is 5.36. The maximum atomic E-state index is 5.79. The van der Waals surface area contributed by atoms with Gasteiger partial charge in [-0.3, -0.25) is 0 Å². The predicted molar refractivity (Wildman–Crippen MR) is 194 cm³/mol. The van der Waals surface area contributed by atoms with Crippen LogP contribution in [0.2, 0.25) is 0 Å². The van der Waals surface area contributed by atoms with Crippen molar-refractivity contribution in [2.75, 3.05) is 56.9 Å². The van der Waals surface area contributed by atoms with E-state index in [0.717, 1.165) is 67.5 Å². The number of hydrogen-bond donors (Lipinski definition) is 0. The second-order valence-electron chi connectivity index (χ2n) is 10.8. The molecule has 0 saturated heterocycles. The molecule has 4 aromatic rings. The van der Waals surface area contributed by atoms with Crippen LogP contribution >= 0.6 is 0 Å². The van der Waals surface area contributed by atoms with Gasteiger partial charge < -0.3 is 37.9 Å². The normalized spacial score (nSPS) is 11.3. The van der Waals surface area contributed by atoms with Gasteiger partial charge in [0, 0.05) is 33.4 Å². The van der Waals surface area contributed by atoms with E-state index in [0.29, 0.717) is 23.0 Å². The van der Waals surface area contributed by atoms with E-state index in [2.05, 4.69) is 0 Å². The average Bonchev–Trinajstić information content (AvgIpc) is 3.11. The lowest BCUT2D eigenvalue weighted by molar-refractivity contribution is 0.399. The Morgan fingerprint density at radius 2 is 0.438 bits per heavy atom. The van der Waals surface area contributed by atoms with E-state index in [1.54, 1.807) is 56.9 Å². The Labute approximate surface area is 283 Å². The van der Waals surface area contributed by atoms with Crippen molar-refractivity contribution >= 4 is 36.5 Å². The Morgan fingerprint density at radius 1 is 0.271 bits per heavy atom. The van der Waals surface area contributed by atoms with Gasteiger partial charge in [-0.25, -0.2) is 0 Å². The van der Waals surface area contributed by atoms with Crippen molar-refractivity contribution in [1.29, 1.82) is 0 Å². The van der Waals surface area contributed by atoms with Crippen LogP contribution in [0.3, 0.4) is 0 Å². The summed E-state index contributed by atoms with van der Waals surface area (Å²) in [5.41, 5.74) is 7.07. The van der Waals surface area contributed by atoms with E-state index in [4.69, 9.17) is 37.9 Å². The van der Waals surface area contributed by atoms with Crippen molar-refractivity contribution in [1.82, 2.24) is 0 Å². The molecule has 0 aliphatic carbocycles. The molecule has 4 rings (SSSR count). The lowest BCUT2D eigenvalue weighted by Gasteiger charge is -2.14. The van der Waals surface area contributed by atoms with E-state index in [1.807, 2.05) is 98.8 Å². The molecule has 4 aromatic carbocycles. The highest BCUT2D eigenvalue weighted by Crippen LogP contribution is 2.37. The zero-order chi connectivity index (χ0) is 34.8. The minimum absolute atomic E-state index is 0.674. The Kier molecular flexibility index (Phi) is 12.1. The highest BCUT2D eigenvalue weighted by atomic mass is 16.5. The number of aryl methyl sites for hydroxylation is 2. The predicted octanol–water partition coefficient (Wildman–Crippen LogP) is 8.88. The molecule has 0 heterocycles. The Morgan fingerprint density at radius 3 is 0.625 bits per heavy atom. The first kappa shape index (κ1) is 35.4. The molecule has 0 aliphatic rings. The second-order valence-corrected chi connectivity index (χ2v) is 10.8. The van der Waals surface area contributed by atoms with Gasteiger partial charge in [-0.1, -0.05) is 36.5 Å². The molecule has 0 aliphatic heterocycles. The molecule has 0 N–H and O–H groups in total. The number of ether oxygens (including phenoxy) is 8. The highest BCUT2D eigenvalue weighted by Gasteiger charge is 2.13.